The van der Waals surface area contributed by atoms with Crippen LogP contribution in [0.1, 0.15) is 49.2 Å². The van der Waals surface area contributed by atoms with Gasteiger partial charge in [0.15, 0.2) is 0 Å². The van der Waals surface area contributed by atoms with Crippen molar-refractivity contribution in [1.29, 1.82) is 0 Å². The number of thiophene rings is 1. The molecular weight excluding hydrogens is 486 g/mol. The molecule has 2 heterocycles. The molecule has 0 bridgehead atoms. The highest BCUT2D eigenvalue weighted by atomic mass is 35.5. The Balaban J connectivity index is 1.76. The lowest BCUT2D eigenvalue weighted by Gasteiger charge is -2.37. The average Bonchev–Trinajstić information content (AvgIpc) is 3.27. The molecule has 9 heteroatoms. The van der Waals surface area contributed by atoms with Crippen molar-refractivity contribution in [2.24, 2.45) is 0 Å². The highest BCUT2D eigenvalue weighted by Crippen LogP contribution is 2.34. The molecule has 0 radical (unpaired) electrons. The Morgan fingerprint density at radius 3 is 2.74 bits per heavy atom. The SMILES string of the molecule is COCCCN(CC(=O)N1CCc2sccc2C1COc1ccc(Cl)c(C)c1)C(=O)NC(C)(C)C. The average molecular weight is 522 g/mol. The van der Waals surface area contributed by atoms with E-state index < -0.39 is 5.54 Å². The Labute approximate surface area is 217 Å². The molecule has 0 fully saturated rings. The number of amides is 3. The van der Waals surface area contributed by atoms with Gasteiger partial charge in [-0.15, -0.1) is 11.3 Å². The summed E-state index contributed by atoms with van der Waals surface area (Å²) >= 11 is 7.86. The van der Waals surface area contributed by atoms with Crippen molar-refractivity contribution >= 4 is 34.9 Å². The molecule has 1 aliphatic rings. The highest BCUT2D eigenvalue weighted by Gasteiger charge is 2.34. The van der Waals surface area contributed by atoms with Crippen molar-refractivity contribution in [3.05, 3.63) is 50.7 Å². The number of carbonyl (C=O) groups excluding carboxylic acids is 2. The van der Waals surface area contributed by atoms with Crippen molar-refractivity contribution in [3.63, 3.8) is 0 Å². The molecule has 0 saturated heterocycles. The van der Waals surface area contributed by atoms with Crippen LogP contribution in [-0.4, -0.2) is 67.2 Å². The number of urea groups is 1. The van der Waals surface area contributed by atoms with E-state index in [9.17, 15) is 9.59 Å². The van der Waals surface area contributed by atoms with Gasteiger partial charge in [0.25, 0.3) is 0 Å². The number of carbonyl (C=O) groups is 2. The van der Waals surface area contributed by atoms with Crippen LogP contribution in [0.4, 0.5) is 4.79 Å². The van der Waals surface area contributed by atoms with Gasteiger partial charge in [-0.05, 0) is 81.3 Å². The van der Waals surface area contributed by atoms with E-state index in [0.717, 1.165) is 17.5 Å². The lowest BCUT2D eigenvalue weighted by molar-refractivity contribution is -0.135. The topological polar surface area (TPSA) is 71.1 Å². The van der Waals surface area contributed by atoms with Crippen molar-refractivity contribution in [3.8, 4) is 5.75 Å². The molecule has 7 nitrogen and oxygen atoms in total. The molecule has 1 unspecified atom stereocenters. The van der Waals surface area contributed by atoms with Crippen LogP contribution in [0.15, 0.2) is 29.6 Å². The predicted molar refractivity (Wildman–Crippen MR) is 141 cm³/mol. The number of hydrogen-bond acceptors (Lipinski definition) is 5. The van der Waals surface area contributed by atoms with E-state index in [0.29, 0.717) is 43.5 Å². The van der Waals surface area contributed by atoms with E-state index >= 15 is 0 Å². The van der Waals surface area contributed by atoms with Crippen LogP contribution in [0.5, 0.6) is 5.75 Å². The Kier molecular flexibility index (Phi) is 9.44. The van der Waals surface area contributed by atoms with Gasteiger partial charge in [0.1, 0.15) is 18.9 Å². The number of nitrogens with one attached hydrogen (secondary N) is 1. The number of hydrogen-bond donors (Lipinski definition) is 1. The van der Waals surface area contributed by atoms with Gasteiger partial charge in [0.2, 0.25) is 5.91 Å². The summed E-state index contributed by atoms with van der Waals surface area (Å²) in [5.41, 5.74) is 1.66. The number of halogens is 1. The van der Waals surface area contributed by atoms with Gasteiger partial charge < -0.3 is 24.6 Å². The van der Waals surface area contributed by atoms with Crippen LogP contribution in [0.3, 0.4) is 0 Å². The van der Waals surface area contributed by atoms with E-state index in [1.54, 1.807) is 23.3 Å². The largest absolute Gasteiger partial charge is 0.491 e. The zero-order chi connectivity index (χ0) is 25.6. The van der Waals surface area contributed by atoms with Gasteiger partial charge in [0, 0.05) is 42.2 Å². The van der Waals surface area contributed by atoms with E-state index in [4.69, 9.17) is 21.1 Å². The Bertz CT molecular complexity index is 1020. The molecule has 1 aromatic heterocycles. The second-order valence-electron chi connectivity index (χ2n) is 9.82. The molecule has 1 N–H and O–H groups in total. The maximum atomic E-state index is 13.6. The Morgan fingerprint density at radius 1 is 1.29 bits per heavy atom. The summed E-state index contributed by atoms with van der Waals surface area (Å²) in [7, 11) is 1.63. The van der Waals surface area contributed by atoms with Crippen molar-refractivity contribution in [1.82, 2.24) is 15.1 Å². The zero-order valence-electron chi connectivity index (χ0n) is 21.2. The number of fused-ring (bicyclic) bond motifs is 1. The van der Waals surface area contributed by atoms with Crippen molar-refractivity contribution < 1.29 is 19.1 Å². The molecule has 1 atom stereocenters. The normalized spacial score (nSPS) is 15.5. The fraction of sp³-hybridized carbons (Fsp3) is 0.538. The smallest absolute Gasteiger partial charge is 0.318 e. The quantitative estimate of drug-likeness (QED) is 0.468. The first-order valence-electron chi connectivity index (χ1n) is 11.9. The van der Waals surface area contributed by atoms with Gasteiger partial charge in [0.05, 0.1) is 6.04 Å². The first-order valence-corrected chi connectivity index (χ1v) is 13.2. The van der Waals surface area contributed by atoms with Crippen LogP contribution in [0.25, 0.3) is 0 Å². The number of nitrogens with zero attached hydrogens (tertiary/aromatic N) is 2. The van der Waals surface area contributed by atoms with E-state index in [-0.39, 0.29) is 24.5 Å². The third-order valence-electron chi connectivity index (χ3n) is 5.82. The second-order valence-corrected chi connectivity index (χ2v) is 11.2. The Hall–Kier alpha value is -2.29. The molecule has 1 aliphatic heterocycles. The number of rotatable bonds is 9. The molecular formula is C26H36ClN3O4S. The summed E-state index contributed by atoms with van der Waals surface area (Å²) in [5.74, 6) is 0.622. The molecule has 35 heavy (non-hydrogen) atoms. The van der Waals surface area contributed by atoms with Gasteiger partial charge >= 0.3 is 6.03 Å². The van der Waals surface area contributed by atoms with Crippen molar-refractivity contribution in [2.75, 3.05) is 40.0 Å². The van der Waals surface area contributed by atoms with Crippen LogP contribution in [0.2, 0.25) is 5.02 Å². The van der Waals surface area contributed by atoms with Gasteiger partial charge in [-0.1, -0.05) is 11.6 Å². The minimum Gasteiger partial charge on any atom is -0.491 e. The molecule has 2 aromatic rings. The fourth-order valence-electron chi connectivity index (χ4n) is 4.06. The summed E-state index contributed by atoms with van der Waals surface area (Å²) in [6, 6.07) is 7.16. The number of methoxy groups -OCH3 is 1. The summed E-state index contributed by atoms with van der Waals surface area (Å²) in [4.78, 5) is 31.2. The first kappa shape index (κ1) is 27.3. The van der Waals surface area contributed by atoms with Crippen LogP contribution < -0.4 is 10.1 Å². The third-order valence-corrected chi connectivity index (χ3v) is 7.24. The molecule has 3 rings (SSSR count). The lowest BCUT2D eigenvalue weighted by atomic mass is 10.0. The fourth-order valence-corrected chi connectivity index (χ4v) is 5.11. The highest BCUT2D eigenvalue weighted by molar-refractivity contribution is 7.10. The zero-order valence-corrected chi connectivity index (χ0v) is 22.8. The number of aryl methyl sites for hydroxylation is 1. The minimum atomic E-state index is -0.399. The van der Waals surface area contributed by atoms with Crippen LogP contribution in [0, 0.1) is 6.92 Å². The Morgan fingerprint density at radius 2 is 2.06 bits per heavy atom. The molecule has 0 aliphatic carbocycles. The summed E-state index contributed by atoms with van der Waals surface area (Å²) in [6.07, 6.45) is 1.45. The monoisotopic (exact) mass is 521 g/mol. The standard InChI is InChI=1S/C26H36ClN3O4S/c1-18-15-19(7-8-21(18)27)34-17-22-20-10-14-35-23(20)9-12-30(22)24(31)16-29(11-6-13-33-5)25(32)28-26(2,3)4/h7-8,10,14-15,22H,6,9,11-13,16-17H2,1-5H3,(H,28,32). The van der Waals surface area contributed by atoms with Crippen LogP contribution >= 0.6 is 22.9 Å². The van der Waals surface area contributed by atoms with E-state index in [2.05, 4.69) is 16.8 Å². The van der Waals surface area contributed by atoms with Crippen molar-refractivity contribution in [2.45, 2.75) is 52.1 Å². The first-order chi connectivity index (χ1) is 16.6. The maximum absolute atomic E-state index is 13.6. The summed E-state index contributed by atoms with van der Waals surface area (Å²) in [5, 5.41) is 5.73. The molecule has 0 spiro atoms. The summed E-state index contributed by atoms with van der Waals surface area (Å²) in [6.45, 7) is 9.58. The molecule has 1 aromatic carbocycles. The third kappa shape index (κ3) is 7.59. The molecule has 192 valence electrons. The van der Waals surface area contributed by atoms with E-state index in [1.165, 1.54) is 4.88 Å². The number of benzene rings is 1. The van der Waals surface area contributed by atoms with Gasteiger partial charge in [-0.25, -0.2) is 4.79 Å². The summed E-state index contributed by atoms with van der Waals surface area (Å²) < 4.78 is 11.3. The predicted octanol–water partition coefficient (Wildman–Crippen LogP) is 5.06. The maximum Gasteiger partial charge on any atom is 0.318 e. The second kappa shape index (κ2) is 12.1. The van der Waals surface area contributed by atoms with Gasteiger partial charge in [-0.3, -0.25) is 4.79 Å². The van der Waals surface area contributed by atoms with E-state index in [1.807, 2.05) is 50.8 Å². The minimum absolute atomic E-state index is 0.00164. The molecule has 3 amide bonds. The van der Waals surface area contributed by atoms with Gasteiger partial charge in [-0.2, -0.15) is 0 Å². The number of ether oxygens (including phenoxy) is 2. The van der Waals surface area contributed by atoms with Crippen LogP contribution in [-0.2, 0) is 16.0 Å². The molecule has 0 saturated carbocycles. The lowest BCUT2D eigenvalue weighted by Crippen LogP contribution is -2.53.